The van der Waals surface area contributed by atoms with Crippen molar-refractivity contribution in [3.8, 4) is 11.1 Å². The van der Waals surface area contributed by atoms with Gasteiger partial charge in [-0.2, -0.15) is 5.10 Å². The molecule has 1 aliphatic heterocycles. The fraction of sp³-hybridized carbons (Fsp3) is 0.450. The van der Waals surface area contributed by atoms with E-state index in [9.17, 15) is 4.79 Å². The summed E-state index contributed by atoms with van der Waals surface area (Å²) < 4.78 is 1.84. The van der Waals surface area contributed by atoms with Gasteiger partial charge in [-0.15, -0.1) is 0 Å². The fourth-order valence-electron chi connectivity index (χ4n) is 2.88. The molecular formula is C20H26N4O2. The van der Waals surface area contributed by atoms with E-state index in [0.717, 1.165) is 16.8 Å². The number of nitrogens with zero attached hydrogens (tertiary/aromatic N) is 3. The molecule has 1 N–H and O–H groups in total. The van der Waals surface area contributed by atoms with Crippen LogP contribution in [-0.2, 0) is 15.2 Å². The van der Waals surface area contributed by atoms with Crippen LogP contribution in [0.3, 0.4) is 0 Å². The third-order valence-electron chi connectivity index (χ3n) is 4.38. The van der Waals surface area contributed by atoms with Crippen LogP contribution in [0.25, 0.3) is 11.1 Å². The van der Waals surface area contributed by atoms with Crippen molar-refractivity contribution in [3.05, 3.63) is 36.5 Å². The van der Waals surface area contributed by atoms with E-state index in [1.165, 1.54) is 0 Å². The number of anilines is 1. The van der Waals surface area contributed by atoms with Crippen molar-refractivity contribution in [2.75, 3.05) is 5.32 Å². The lowest BCUT2D eigenvalue weighted by atomic mass is 10.0. The second-order valence-electron chi connectivity index (χ2n) is 7.88. The first-order valence-electron chi connectivity index (χ1n) is 8.94. The van der Waals surface area contributed by atoms with E-state index in [0.29, 0.717) is 12.2 Å². The average molecular weight is 354 g/mol. The monoisotopic (exact) mass is 354 g/mol. The van der Waals surface area contributed by atoms with E-state index < -0.39 is 6.10 Å². The maximum absolute atomic E-state index is 12.8. The number of rotatable bonds is 4. The summed E-state index contributed by atoms with van der Waals surface area (Å²) in [6.07, 6.45) is 1.72. The van der Waals surface area contributed by atoms with E-state index in [-0.39, 0.29) is 17.4 Å². The molecular weight excluding hydrogens is 328 g/mol. The summed E-state index contributed by atoms with van der Waals surface area (Å²) in [7, 11) is 0. The van der Waals surface area contributed by atoms with Crippen molar-refractivity contribution in [3.63, 3.8) is 0 Å². The molecule has 1 unspecified atom stereocenters. The van der Waals surface area contributed by atoms with Gasteiger partial charge in [0.2, 0.25) is 6.10 Å². The number of hydrogen-bond acceptors (Lipinski definition) is 4. The number of oxime groups is 1. The highest BCUT2D eigenvalue weighted by Gasteiger charge is 2.31. The predicted molar refractivity (Wildman–Crippen MR) is 103 cm³/mol. The summed E-state index contributed by atoms with van der Waals surface area (Å²) in [6, 6.07) is 9.92. The van der Waals surface area contributed by atoms with Gasteiger partial charge in [0.15, 0.2) is 0 Å². The van der Waals surface area contributed by atoms with E-state index >= 15 is 0 Å². The zero-order valence-corrected chi connectivity index (χ0v) is 16.0. The largest absolute Gasteiger partial charge is 0.382 e. The molecule has 2 aromatic rings. The third-order valence-corrected chi connectivity index (χ3v) is 4.38. The van der Waals surface area contributed by atoms with Crippen LogP contribution >= 0.6 is 0 Å². The van der Waals surface area contributed by atoms with Crippen LogP contribution in [0.5, 0.6) is 0 Å². The second kappa shape index (κ2) is 6.94. The molecule has 0 spiro atoms. The lowest BCUT2D eigenvalue weighted by Gasteiger charge is -2.23. The Morgan fingerprint density at radius 3 is 2.54 bits per heavy atom. The van der Waals surface area contributed by atoms with E-state index in [4.69, 9.17) is 4.84 Å². The van der Waals surface area contributed by atoms with Crippen molar-refractivity contribution < 1.29 is 9.63 Å². The Morgan fingerprint density at radius 1 is 1.27 bits per heavy atom. The summed E-state index contributed by atoms with van der Waals surface area (Å²) >= 11 is 0. The van der Waals surface area contributed by atoms with Crippen LogP contribution in [0.2, 0.25) is 0 Å². The van der Waals surface area contributed by atoms with Crippen molar-refractivity contribution in [2.45, 2.75) is 52.7 Å². The summed E-state index contributed by atoms with van der Waals surface area (Å²) in [6.45, 7) is 10.2. The molecule has 6 heteroatoms. The SMILES string of the molecule is CC(C)C1=NOC(C(=O)Nc2c(-c3ccccc3)cnn2C(C)(C)C)C1. The Labute approximate surface area is 154 Å². The Balaban J connectivity index is 1.89. The Hall–Kier alpha value is -2.63. The molecule has 3 rings (SSSR count). The Kier molecular flexibility index (Phi) is 4.85. The first kappa shape index (κ1) is 18.2. The van der Waals surface area contributed by atoms with Gasteiger partial charge >= 0.3 is 0 Å². The van der Waals surface area contributed by atoms with Gasteiger partial charge in [0.1, 0.15) is 5.82 Å². The quantitative estimate of drug-likeness (QED) is 0.901. The molecule has 1 aliphatic rings. The molecule has 1 aromatic carbocycles. The van der Waals surface area contributed by atoms with Crippen LogP contribution in [0.4, 0.5) is 5.82 Å². The molecule has 6 nitrogen and oxygen atoms in total. The lowest BCUT2D eigenvalue weighted by molar-refractivity contribution is -0.125. The zero-order chi connectivity index (χ0) is 18.9. The molecule has 138 valence electrons. The van der Waals surface area contributed by atoms with Crippen molar-refractivity contribution in [1.82, 2.24) is 9.78 Å². The zero-order valence-electron chi connectivity index (χ0n) is 16.0. The molecule has 0 aliphatic carbocycles. The first-order valence-corrected chi connectivity index (χ1v) is 8.94. The topological polar surface area (TPSA) is 68.5 Å². The van der Waals surface area contributed by atoms with Gasteiger partial charge < -0.3 is 10.2 Å². The third kappa shape index (κ3) is 3.64. The number of benzene rings is 1. The highest BCUT2D eigenvalue weighted by Crippen LogP contribution is 2.32. The van der Waals surface area contributed by atoms with E-state index in [1.54, 1.807) is 6.20 Å². The molecule has 0 radical (unpaired) electrons. The molecule has 26 heavy (non-hydrogen) atoms. The molecule has 0 saturated carbocycles. The molecule has 0 fully saturated rings. The summed E-state index contributed by atoms with van der Waals surface area (Å²) in [5, 5.41) is 11.6. The van der Waals surface area contributed by atoms with Crippen LogP contribution in [0.15, 0.2) is 41.7 Å². The molecule has 1 amide bonds. The maximum Gasteiger partial charge on any atom is 0.269 e. The van der Waals surface area contributed by atoms with Gasteiger partial charge in [-0.3, -0.25) is 4.79 Å². The predicted octanol–water partition coefficient (Wildman–Crippen LogP) is 4.04. The number of carbonyl (C=O) groups is 1. The first-order chi connectivity index (χ1) is 12.3. The minimum atomic E-state index is -0.598. The van der Waals surface area contributed by atoms with Gasteiger partial charge in [-0.1, -0.05) is 49.3 Å². The number of hydrogen-bond donors (Lipinski definition) is 1. The molecule has 1 aromatic heterocycles. The van der Waals surface area contributed by atoms with Gasteiger partial charge in [-0.05, 0) is 32.3 Å². The highest BCUT2D eigenvalue weighted by molar-refractivity contribution is 6.01. The van der Waals surface area contributed by atoms with Crippen LogP contribution in [-0.4, -0.2) is 27.5 Å². The maximum atomic E-state index is 12.8. The number of carbonyl (C=O) groups excluding carboxylic acids is 1. The fourth-order valence-corrected chi connectivity index (χ4v) is 2.88. The van der Waals surface area contributed by atoms with Crippen molar-refractivity contribution >= 4 is 17.4 Å². The number of nitrogens with one attached hydrogen (secondary N) is 1. The molecule has 1 atom stereocenters. The molecule has 0 bridgehead atoms. The summed E-state index contributed by atoms with van der Waals surface area (Å²) in [4.78, 5) is 18.1. The standard InChI is InChI=1S/C20H26N4O2/c1-13(2)16-11-17(26-23-16)19(25)22-18-15(14-9-7-6-8-10-14)12-21-24(18)20(3,4)5/h6-10,12-13,17H,11H2,1-5H3,(H,22,25). The van der Waals surface area contributed by atoms with Crippen LogP contribution in [0.1, 0.15) is 41.0 Å². The highest BCUT2D eigenvalue weighted by atomic mass is 16.6. The minimum absolute atomic E-state index is 0.201. The Bertz CT molecular complexity index is 816. The second-order valence-corrected chi connectivity index (χ2v) is 7.88. The average Bonchev–Trinajstić information content (AvgIpc) is 3.22. The van der Waals surface area contributed by atoms with Crippen molar-refractivity contribution in [2.24, 2.45) is 11.1 Å². The van der Waals surface area contributed by atoms with Gasteiger partial charge in [-0.25, -0.2) is 4.68 Å². The van der Waals surface area contributed by atoms with E-state index in [2.05, 4.69) is 36.3 Å². The summed E-state index contributed by atoms with van der Waals surface area (Å²) in [5.74, 6) is 0.746. The number of aromatic nitrogens is 2. The van der Waals surface area contributed by atoms with Crippen LogP contribution in [0, 0.1) is 5.92 Å². The van der Waals surface area contributed by atoms with Gasteiger partial charge in [0.25, 0.3) is 5.91 Å². The lowest BCUT2D eigenvalue weighted by Crippen LogP contribution is -2.32. The van der Waals surface area contributed by atoms with Crippen molar-refractivity contribution in [1.29, 1.82) is 0 Å². The van der Waals surface area contributed by atoms with E-state index in [1.807, 2.05) is 48.9 Å². The summed E-state index contributed by atoms with van der Waals surface area (Å²) in [5.41, 5.74) is 2.53. The number of amides is 1. The van der Waals surface area contributed by atoms with Gasteiger partial charge in [0.05, 0.1) is 17.4 Å². The minimum Gasteiger partial charge on any atom is -0.382 e. The van der Waals surface area contributed by atoms with Crippen LogP contribution < -0.4 is 5.32 Å². The molecule has 0 saturated heterocycles. The smallest absolute Gasteiger partial charge is 0.269 e. The molecule has 2 heterocycles. The van der Waals surface area contributed by atoms with Gasteiger partial charge in [0, 0.05) is 12.0 Å². The Morgan fingerprint density at radius 2 is 1.96 bits per heavy atom. The normalized spacial score (nSPS) is 17.2.